The summed E-state index contributed by atoms with van der Waals surface area (Å²) in [6.07, 6.45) is 0. The van der Waals surface area contributed by atoms with E-state index in [2.05, 4.69) is 15.4 Å². The van der Waals surface area contributed by atoms with Gasteiger partial charge in [0.05, 0.1) is 5.69 Å². The molecule has 3 heterocycles. The lowest BCUT2D eigenvalue weighted by Gasteiger charge is -2.33. The van der Waals surface area contributed by atoms with E-state index in [1.165, 1.54) is 0 Å². The van der Waals surface area contributed by atoms with Crippen molar-refractivity contribution in [1.82, 2.24) is 20.3 Å². The Labute approximate surface area is 134 Å². The van der Waals surface area contributed by atoms with Gasteiger partial charge in [-0.25, -0.2) is 0 Å². The van der Waals surface area contributed by atoms with E-state index >= 15 is 0 Å². The minimum atomic E-state index is -0.0196. The van der Waals surface area contributed by atoms with Gasteiger partial charge in [-0.1, -0.05) is 24.1 Å². The minimum Gasteiger partial charge on any atom is -0.408 e. The molecule has 0 bridgehead atoms. The van der Waals surface area contributed by atoms with Crippen LogP contribution in [0.25, 0.3) is 0 Å². The van der Waals surface area contributed by atoms with Gasteiger partial charge < -0.3 is 18.7 Å². The average molecular weight is 319 g/mol. The summed E-state index contributed by atoms with van der Waals surface area (Å²) in [6.45, 7) is 10.1. The molecule has 1 aliphatic heterocycles. The fourth-order valence-electron chi connectivity index (χ4n) is 2.71. The predicted octanol–water partition coefficient (Wildman–Crippen LogP) is 1.76. The number of anilines is 1. The van der Waals surface area contributed by atoms with Gasteiger partial charge >= 0.3 is 6.01 Å². The number of hydrogen-bond acceptors (Lipinski definition) is 7. The molecule has 1 saturated heterocycles. The van der Waals surface area contributed by atoms with Gasteiger partial charge in [-0.05, 0) is 6.92 Å². The summed E-state index contributed by atoms with van der Waals surface area (Å²) in [5.41, 5.74) is 1.25. The number of hydrogen-bond donors (Lipinski definition) is 0. The topological polar surface area (TPSA) is 88.5 Å². The van der Waals surface area contributed by atoms with Crippen molar-refractivity contribution in [2.24, 2.45) is 0 Å². The molecule has 2 aromatic rings. The lowest BCUT2D eigenvalue weighted by atomic mass is 10.0. The van der Waals surface area contributed by atoms with Gasteiger partial charge in [0.25, 0.3) is 5.91 Å². The van der Waals surface area contributed by atoms with E-state index in [9.17, 15) is 4.79 Å². The third-order valence-electron chi connectivity index (χ3n) is 3.98. The minimum absolute atomic E-state index is 0.0196. The number of aromatic nitrogens is 3. The van der Waals surface area contributed by atoms with Gasteiger partial charge in [-0.2, -0.15) is 0 Å². The normalized spacial score (nSPS) is 15.5. The van der Waals surface area contributed by atoms with Crippen LogP contribution < -0.4 is 4.90 Å². The second-order valence-corrected chi connectivity index (χ2v) is 6.04. The Morgan fingerprint density at radius 2 is 1.83 bits per heavy atom. The van der Waals surface area contributed by atoms with Gasteiger partial charge in [0, 0.05) is 39.0 Å². The third kappa shape index (κ3) is 2.93. The van der Waals surface area contributed by atoms with Crippen LogP contribution in [-0.4, -0.2) is 52.3 Å². The van der Waals surface area contributed by atoms with Gasteiger partial charge in [-0.3, -0.25) is 4.79 Å². The largest absolute Gasteiger partial charge is 0.408 e. The molecular formula is C15H21N5O3. The summed E-state index contributed by atoms with van der Waals surface area (Å²) in [4.78, 5) is 16.6. The van der Waals surface area contributed by atoms with Crippen molar-refractivity contribution in [1.29, 1.82) is 0 Å². The maximum atomic E-state index is 12.8. The van der Waals surface area contributed by atoms with Crippen LogP contribution in [0.15, 0.2) is 8.94 Å². The Balaban J connectivity index is 1.70. The van der Waals surface area contributed by atoms with Crippen LogP contribution in [0.2, 0.25) is 0 Å². The van der Waals surface area contributed by atoms with E-state index in [1.54, 1.807) is 13.8 Å². The molecule has 1 aliphatic rings. The highest BCUT2D eigenvalue weighted by atomic mass is 16.5. The molecule has 0 aliphatic carbocycles. The number of rotatable bonds is 3. The van der Waals surface area contributed by atoms with Crippen molar-refractivity contribution < 1.29 is 13.7 Å². The Hall–Kier alpha value is -2.38. The molecule has 2 aromatic heterocycles. The molecule has 8 heteroatoms. The molecule has 0 N–H and O–H groups in total. The zero-order valence-electron chi connectivity index (χ0n) is 13.9. The van der Waals surface area contributed by atoms with Gasteiger partial charge in [0.15, 0.2) is 5.76 Å². The van der Waals surface area contributed by atoms with Crippen LogP contribution in [0, 0.1) is 13.8 Å². The van der Waals surface area contributed by atoms with Crippen LogP contribution >= 0.6 is 0 Å². The van der Waals surface area contributed by atoms with E-state index in [-0.39, 0.29) is 11.8 Å². The summed E-state index contributed by atoms with van der Waals surface area (Å²) in [7, 11) is 0. The highest BCUT2D eigenvalue weighted by Gasteiger charge is 2.30. The SMILES string of the molecule is Cc1nnc(N2CCN(C(=O)c3c(C)noc3C(C)C)CC2)o1. The molecule has 23 heavy (non-hydrogen) atoms. The summed E-state index contributed by atoms with van der Waals surface area (Å²) >= 11 is 0. The lowest BCUT2D eigenvalue weighted by molar-refractivity contribution is 0.0741. The molecule has 0 atom stereocenters. The first-order valence-corrected chi connectivity index (χ1v) is 7.78. The standard InChI is InChI=1S/C15H21N5O3/c1-9(2)13-12(10(3)18-23-13)14(21)19-5-7-20(8-6-19)15-17-16-11(4)22-15/h9H,5-8H2,1-4H3. The first-order valence-electron chi connectivity index (χ1n) is 7.78. The summed E-state index contributed by atoms with van der Waals surface area (Å²) in [5.74, 6) is 1.30. The quantitative estimate of drug-likeness (QED) is 0.851. The van der Waals surface area contributed by atoms with Crippen molar-refractivity contribution in [2.75, 3.05) is 31.1 Å². The first-order chi connectivity index (χ1) is 11.0. The summed E-state index contributed by atoms with van der Waals surface area (Å²) < 4.78 is 10.8. The predicted molar refractivity (Wildman–Crippen MR) is 82.5 cm³/mol. The molecule has 8 nitrogen and oxygen atoms in total. The van der Waals surface area contributed by atoms with E-state index in [1.807, 2.05) is 23.6 Å². The number of carbonyl (C=O) groups is 1. The molecule has 0 aromatic carbocycles. The van der Waals surface area contributed by atoms with Crippen molar-refractivity contribution in [2.45, 2.75) is 33.6 Å². The molecule has 1 amide bonds. The molecule has 0 saturated carbocycles. The van der Waals surface area contributed by atoms with Crippen molar-refractivity contribution >= 4 is 11.9 Å². The highest BCUT2D eigenvalue weighted by molar-refractivity contribution is 5.96. The Morgan fingerprint density at radius 1 is 1.13 bits per heavy atom. The first kappa shape index (κ1) is 15.5. The van der Waals surface area contributed by atoms with E-state index < -0.39 is 0 Å². The monoisotopic (exact) mass is 319 g/mol. The summed E-state index contributed by atoms with van der Waals surface area (Å²) in [6, 6.07) is 0.513. The molecule has 0 radical (unpaired) electrons. The van der Waals surface area contributed by atoms with Gasteiger partial charge in [0.2, 0.25) is 5.89 Å². The number of amides is 1. The fourth-order valence-corrected chi connectivity index (χ4v) is 2.71. The maximum Gasteiger partial charge on any atom is 0.318 e. The molecule has 1 fully saturated rings. The van der Waals surface area contributed by atoms with Crippen molar-refractivity contribution in [3.05, 3.63) is 22.9 Å². The van der Waals surface area contributed by atoms with Crippen LogP contribution in [0.4, 0.5) is 6.01 Å². The number of aryl methyl sites for hydroxylation is 2. The average Bonchev–Trinajstić information content (AvgIpc) is 3.13. The number of carbonyl (C=O) groups excluding carboxylic acids is 1. The highest BCUT2D eigenvalue weighted by Crippen LogP contribution is 2.24. The third-order valence-corrected chi connectivity index (χ3v) is 3.98. The van der Waals surface area contributed by atoms with E-state index in [0.717, 1.165) is 0 Å². The van der Waals surface area contributed by atoms with Crippen molar-refractivity contribution in [3.8, 4) is 0 Å². The van der Waals surface area contributed by atoms with Gasteiger partial charge in [-0.15, -0.1) is 5.10 Å². The van der Waals surface area contributed by atoms with Crippen LogP contribution in [0.1, 0.15) is 47.5 Å². The van der Waals surface area contributed by atoms with Crippen molar-refractivity contribution in [3.63, 3.8) is 0 Å². The molecule has 0 unspecified atom stereocenters. The molecular weight excluding hydrogens is 298 g/mol. The van der Waals surface area contributed by atoms with E-state index in [0.29, 0.717) is 55.1 Å². The number of piperazine rings is 1. The zero-order chi connectivity index (χ0) is 16.6. The zero-order valence-corrected chi connectivity index (χ0v) is 13.9. The Morgan fingerprint density at radius 3 is 2.39 bits per heavy atom. The van der Waals surface area contributed by atoms with Crippen LogP contribution in [0.5, 0.6) is 0 Å². The van der Waals surface area contributed by atoms with Crippen LogP contribution in [-0.2, 0) is 0 Å². The van der Waals surface area contributed by atoms with Crippen LogP contribution in [0.3, 0.4) is 0 Å². The lowest BCUT2D eigenvalue weighted by Crippen LogP contribution is -2.49. The molecule has 0 spiro atoms. The number of nitrogens with zero attached hydrogens (tertiary/aromatic N) is 5. The van der Waals surface area contributed by atoms with E-state index in [4.69, 9.17) is 8.94 Å². The second-order valence-electron chi connectivity index (χ2n) is 6.04. The second kappa shape index (κ2) is 6.02. The molecule has 3 rings (SSSR count). The summed E-state index contributed by atoms with van der Waals surface area (Å²) in [5, 5.41) is 11.8. The Bertz CT molecular complexity index is 698. The smallest absolute Gasteiger partial charge is 0.318 e. The van der Waals surface area contributed by atoms with Gasteiger partial charge in [0.1, 0.15) is 5.56 Å². The molecule has 124 valence electrons. The fraction of sp³-hybridized carbons (Fsp3) is 0.600. The maximum absolute atomic E-state index is 12.8. The Kier molecular flexibility index (Phi) is 4.06.